The fourth-order valence-electron chi connectivity index (χ4n) is 1.90. The van der Waals surface area contributed by atoms with Crippen molar-refractivity contribution >= 4 is 6.96 Å². The Morgan fingerprint density at radius 1 is 0.870 bits per heavy atom. The second-order valence-electron chi connectivity index (χ2n) is 5.50. The molecule has 0 aliphatic carbocycles. The average Bonchev–Trinajstić information content (AvgIpc) is 2.62. The molecular weight excluding hydrogens is 293 g/mol. The zero-order valence-electron chi connectivity index (χ0n) is 15.9. The summed E-state index contributed by atoms with van der Waals surface area (Å²) in [5.74, 6) is 0.648. The van der Waals surface area contributed by atoms with Crippen LogP contribution in [-0.2, 0) is 14.0 Å². The molecule has 0 aromatic heterocycles. The predicted molar refractivity (Wildman–Crippen MR) is 96.3 cm³/mol. The third-order valence-electron chi connectivity index (χ3n) is 4.26. The van der Waals surface area contributed by atoms with Crippen LogP contribution in [-0.4, -0.2) is 58.9 Å². The van der Waals surface area contributed by atoms with E-state index in [9.17, 15) is 0 Å². The first-order chi connectivity index (χ1) is 10.9. The van der Waals surface area contributed by atoms with E-state index in [1.165, 1.54) is 38.3 Å². The summed E-state index contributed by atoms with van der Waals surface area (Å²) in [6, 6.07) is 9.27. The molecule has 23 heavy (non-hydrogen) atoms. The lowest BCUT2D eigenvalue weighted by Gasteiger charge is -2.38. The number of hydrogen-bond acceptors (Lipinski definition) is 4. The van der Waals surface area contributed by atoms with Gasteiger partial charge in [0.1, 0.15) is 0 Å². The van der Waals surface area contributed by atoms with Gasteiger partial charge in [-0.1, -0.05) is 18.2 Å². The molecule has 0 radical (unpaired) electrons. The Morgan fingerprint density at radius 3 is 1.65 bits per heavy atom. The van der Waals surface area contributed by atoms with E-state index in [1.54, 1.807) is 0 Å². The quantitative estimate of drug-likeness (QED) is 0.515. The molecule has 0 atom stereocenters. The second kappa shape index (κ2) is 11.5. The van der Waals surface area contributed by atoms with Gasteiger partial charge in [0.15, 0.2) is 0 Å². The molecule has 1 aromatic carbocycles. The third-order valence-corrected chi connectivity index (χ3v) is 4.26. The smallest absolute Gasteiger partial charge is 0.591 e. The van der Waals surface area contributed by atoms with Crippen LogP contribution in [0.15, 0.2) is 30.3 Å². The summed E-state index contributed by atoms with van der Waals surface area (Å²) in [5.41, 5.74) is 0. The van der Waals surface area contributed by atoms with Crippen molar-refractivity contribution in [2.24, 2.45) is 0 Å². The van der Waals surface area contributed by atoms with E-state index in [-0.39, 0.29) is 0 Å². The van der Waals surface area contributed by atoms with E-state index in [1.807, 2.05) is 37.3 Å². The van der Waals surface area contributed by atoms with Crippen molar-refractivity contribution in [1.29, 1.82) is 0 Å². The molecule has 0 heterocycles. The maximum absolute atomic E-state index is 5.54. The molecule has 0 saturated heterocycles. The first-order valence-electron chi connectivity index (χ1n) is 8.39. The minimum absolute atomic E-state index is 0.453. The standard InChI is InChI=1S/C10H16BO4.C7H18N/c1-4-14-11(12-2,13-3)15-10-8-6-5-7-9-10;1-5-8(4,6-2)7-3/h5-9H,4H2,1-3H3;5-7H2,1-4H3/q-1;+1. The topological polar surface area (TPSA) is 36.9 Å². The molecule has 0 aliphatic rings. The van der Waals surface area contributed by atoms with Gasteiger partial charge in [0.25, 0.3) is 0 Å². The van der Waals surface area contributed by atoms with Crippen LogP contribution in [0.3, 0.4) is 0 Å². The number of rotatable bonds is 9. The van der Waals surface area contributed by atoms with Gasteiger partial charge < -0.3 is 23.1 Å². The number of nitrogens with zero attached hydrogens (tertiary/aromatic N) is 1. The Balaban J connectivity index is 0.000000515. The highest BCUT2D eigenvalue weighted by Gasteiger charge is 2.31. The van der Waals surface area contributed by atoms with Crippen LogP contribution >= 0.6 is 0 Å². The molecule has 0 bridgehead atoms. The predicted octanol–water partition coefficient (Wildman–Crippen LogP) is 3.32. The Hall–Kier alpha value is -1.08. The minimum Gasteiger partial charge on any atom is -0.645 e. The van der Waals surface area contributed by atoms with Crippen LogP contribution < -0.4 is 4.65 Å². The Morgan fingerprint density at radius 2 is 1.35 bits per heavy atom. The molecule has 0 N–H and O–H groups in total. The van der Waals surface area contributed by atoms with Gasteiger partial charge in [-0.2, -0.15) is 0 Å². The first kappa shape index (κ1) is 21.9. The molecule has 0 fully saturated rings. The molecular formula is C17H34BNO4. The lowest BCUT2D eigenvalue weighted by atomic mass is 10.1. The highest BCUT2D eigenvalue weighted by Crippen LogP contribution is 2.17. The maximum atomic E-state index is 5.54. The normalized spacial score (nSPS) is 11.6. The number of para-hydroxylation sites is 1. The SMILES string of the molecule is CCO[B-](OC)(OC)Oc1ccccc1.CC[N+](C)(CC)CC. The molecule has 5 nitrogen and oxygen atoms in total. The van der Waals surface area contributed by atoms with Crippen molar-refractivity contribution in [3.05, 3.63) is 30.3 Å². The van der Waals surface area contributed by atoms with Gasteiger partial charge in [0.2, 0.25) is 0 Å². The van der Waals surface area contributed by atoms with Crippen molar-refractivity contribution in [2.45, 2.75) is 27.7 Å². The highest BCUT2D eigenvalue weighted by atomic mass is 16.9. The molecule has 0 saturated carbocycles. The molecule has 0 unspecified atom stereocenters. The van der Waals surface area contributed by atoms with Gasteiger partial charge in [-0.15, -0.1) is 0 Å². The van der Waals surface area contributed by atoms with E-state index in [2.05, 4.69) is 27.8 Å². The number of quaternary nitrogens is 1. The van der Waals surface area contributed by atoms with E-state index in [4.69, 9.17) is 18.6 Å². The monoisotopic (exact) mass is 327 g/mol. The minimum atomic E-state index is -2.15. The summed E-state index contributed by atoms with van der Waals surface area (Å²) in [5, 5.41) is 0. The number of benzene rings is 1. The summed E-state index contributed by atoms with van der Waals surface area (Å²) < 4.78 is 22.3. The summed E-state index contributed by atoms with van der Waals surface area (Å²) in [4.78, 5) is 0. The first-order valence-corrected chi connectivity index (χ1v) is 8.39. The fourth-order valence-corrected chi connectivity index (χ4v) is 1.90. The number of hydrogen-bond donors (Lipinski definition) is 0. The highest BCUT2D eigenvalue weighted by molar-refractivity contribution is 6.54. The molecule has 1 aromatic rings. The Bertz CT molecular complexity index is 387. The van der Waals surface area contributed by atoms with Crippen LogP contribution in [0.2, 0.25) is 0 Å². The van der Waals surface area contributed by atoms with Gasteiger partial charge in [0.05, 0.1) is 32.4 Å². The summed E-state index contributed by atoms with van der Waals surface area (Å²) in [6.07, 6.45) is 0. The lowest BCUT2D eigenvalue weighted by molar-refractivity contribution is -0.904. The van der Waals surface area contributed by atoms with E-state index in [0.717, 1.165) is 0 Å². The average molecular weight is 327 g/mol. The van der Waals surface area contributed by atoms with Crippen LogP contribution in [0.1, 0.15) is 27.7 Å². The van der Waals surface area contributed by atoms with Crippen molar-refractivity contribution < 1.29 is 23.1 Å². The zero-order valence-corrected chi connectivity index (χ0v) is 15.9. The molecule has 0 aliphatic heterocycles. The van der Waals surface area contributed by atoms with Gasteiger partial charge in [-0.05, 0) is 54.0 Å². The largest absolute Gasteiger partial charge is 0.645 e. The van der Waals surface area contributed by atoms with E-state index in [0.29, 0.717) is 12.4 Å². The molecule has 0 amide bonds. The third kappa shape index (κ3) is 7.84. The fraction of sp³-hybridized carbons (Fsp3) is 0.647. The van der Waals surface area contributed by atoms with Crippen LogP contribution in [0.4, 0.5) is 0 Å². The van der Waals surface area contributed by atoms with Gasteiger partial charge >= 0.3 is 6.96 Å². The Kier molecular flexibility index (Phi) is 10.9. The molecule has 6 heteroatoms. The molecule has 1 rings (SSSR count). The summed E-state index contributed by atoms with van der Waals surface area (Å²) >= 11 is 0. The zero-order chi connectivity index (χ0) is 17.8. The van der Waals surface area contributed by atoms with Crippen molar-refractivity contribution in [2.75, 3.05) is 47.5 Å². The van der Waals surface area contributed by atoms with Gasteiger partial charge in [0, 0.05) is 6.61 Å². The van der Waals surface area contributed by atoms with E-state index >= 15 is 0 Å². The van der Waals surface area contributed by atoms with Gasteiger partial charge in [-0.25, -0.2) is 0 Å². The van der Waals surface area contributed by atoms with Crippen molar-refractivity contribution in [3.8, 4) is 5.75 Å². The van der Waals surface area contributed by atoms with Gasteiger partial charge in [-0.3, -0.25) is 0 Å². The van der Waals surface area contributed by atoms with E-state index < -0.39 is 6.96 Å². The summed E-state index contributed by atoms with van der Waals surface area (Å²) in [6.45, 7) is 10.7. The van der Waals surface area contributed by atoms with Crippen LogP contribution in [0.5, 0.6) is 5.75 Å². The molecule has 134 valence electrons. The van der Waals surface area contributed by atoms with Crippen molar-refractivity contribution in [1.82, 2.24) is 0 Å². The van der Waals surface area contributed by atoms with Crippen LogP contribution in [0, 0.1) is 0 Å². The Labute approximate surface area is 142 Å². The van der Waals surface area contributed by atoms with Crippen molar-refractivity contribution in [3.63, 3.8) is 0 Å². The summed E-state index contributed by atoms with van der Waals surface area (Å²) in [7, 11) is 5.27. The lowest BCUT2D eigenvalue weighted by Crippen LogP contribution is -2.50. The maximum Gasteiger partial charge on any atom is 0.591 e. The van der Waals surface area contributed by atoms with Crippen LogP contribution in [0.25, 0.3) is 0 Å². The second-order valence-corrected chi connectivity index (χ2v) is 5.50. The molecule has 0 spiro atoms.